The van der Waals surface area contributed by atoms with E-state index in [4.69, 9.17) is 9.47 Å². The molecule has 0 saturated heterocycles. The number of nitro groups is 1. The fourth-order valence-electron chi connectivity index (χ4n) is 4.37. The number of pyridine rings is 1. The second-order valence-corrected chi connectivity index (χ2v) is 8.14. The van der Waals surface area contributed by atoms with Gasteiger partial charge in [-0.2, -0.15) is 0 Å². The van der Waals surface area contributed by atoms with Crippen LogP contribution in [-0.2, 0) is 9.53 Å². The monoisotopic (exact) mass is 471 g/mol. The smallest absolute Gasteiger partial charge is 0.336 e. The number of ether oxygens (including phenoxy) is 2. The Morgan fingerprint density at radius 1 is 0.971 bits per heavy atom. The maximum absolute atomic E-state index is 13.4. The molecule has 0 radical (unpaired) electrons. The number of allylic oxidation sites excluding steroid dienone is 1. The average Bonchev–Trinajstić information content (AvgIpc) is 2.87. The minimum Gasteiger partial charge on any atom is -0.490 e. The van der Waals surface area contributed by atoms with E-state index in [0.29, 0.717) is 22.6 Å². The van der Waals surface area contributed by atoms with Crippen molar-refractivity contribution in [1.82, 2.24) is 4.98 Å². The van der Waals surface area contributed by atoms with E-state index in [1.165, 1.54) is 12.1 Å². The van der Waals surface area contributed by atoms with Gasteiger partial charge in [0.15, 0.2) is 0 Å². The first-order valence-corrected chi connectivity index (χ1v) is 11.2. The van der Waals surface area contributed by atoms with Crippen LogP contribution >= 0.6 is 0 Å². The summed E-state index contributed by atoms with van der Waals surface area (Å²) >= 11 is 0. The number of carbonyl (C=O) groups is 1. The largest absolute Gasteiger partial charge is 0.490 e. The summed E-state index contributed by atoms with van der Waals surface area (Å²) < 4.78 is 11.2. The summed E-state index contributed by atoms with van der Waals surface area (Å²) in [6.45, 7) is 3.88. The molecule has 0 aliphatic carbocycles. The number of aliphatic imine (C=N–C) groups is 1. The van der Waals surface area contributed by atoms with Crippen LogP contribution in [0.3, 0.4) is 0 Å². The molecule has 0 N–H and O–H groups in total. The summed E-state index contributed by atoms with van der Waals surface area (Å²) in [7, 11) is 0. The first-order valence-electron chi connectivity index (χ1n) is 11.2. The van der Waals surface area contributed by atoms with Crippen molar-refractivity contribution in [3.63, 3.8) is 0 Å². The van der Waals surface area contributed by atoms with Crippen molar-refractivity contribution >= 4 is 17.4 Å². The number of aromatic nitrogens is 1. The quantitative estimate of drug-likeness (QED) is 0.193. The zero-order valence-corrected chi connectivity index (χ0v) is 19.5. The predicted molar refractivity (Wildman–Crippen MR) is 132 cm³/mol. The molecule has 2 aromatic carbocycles. The van der Waals surface area contributed by atoms with Crippen LogP contribution in [0.4, 0.5) is 5.69 Å². The van der Waals surface area contributed by atoms with E-state index < -0.39 is 16.8 Å². The van der Waals surface area contributed by atoms with E-state index in [0.717, 1.165) is 11.3 Å². The van der Waals surface area contributed by atoms with E-state index in [1.807, 2.05) is 49.4 Å². The topological polar surface area (TPSA) is 104 Å². The van der Waals surface area contributed by atoms with Crippen LogP contribution < -0.4 is 4.74 Å². The Kier molecular flexibility index (Phi) is 7.30. The molecule has 0 bridgehead atoms. The third kappa shape index (κ3) is 5.43. The number of non-ortho nitro benzene ring substituents is 1. The molecule has 0 saturated carbocycles. The molecular formula is C27H25N3O5. The number of carbonyl (C=O) groups excluding carboxylic acids is 1. The van der Waals surface area contributed by atoms with Gasteiger partial charge in [-0.15, -0.1) is 0 Å². The molecule has 0 amide bonds. The van der Waals surface area contributed by atoms with Gasteiger partial charge in [-0.25, -0.2) is 4.79 Å². The highest BCUT2D eigenvalue weighted by atomic mass is 16.6. The highest BCUT2D eigenvalue weighted by Crippen LogP contribution is 2.45. The van der Waals surface area contributed by atoms with Crippen LogP contribution in [0.2, 0.25) is 0 Å². The zero-order chi connectivity index (χ0) is 24.8. The van der Waals surface area contributed by atoms with E-state index in [1.54, 1.807) is 31.5 Å². The Morgan fingerprint density at radius 3 is 2.46 bits per heavy atom. The minimum atomic E-state index is -0.529. The van der Waals surface area contributed by atoms with Crippen molar-refractivity contribution < 1.29 is 19.2 Å². The Hall–Kier alpha value is -4.33. The van der Waals surface area contributed by atoms with Crippen molar-refractivity contribution in [1.29, 1.82) is 0 Å². The number of hydrogen-bond acceptors (Lipinski definition) is 7. The Bertz CT molecular complexity index is 1270. The van der Waals surface area contributed by atoms with Gasteiger partial charge in [0.1, 0.15) is 19.0 Å². The highest BCUT2D eigenvalue weighted by Gasteiger charge is 2.39. The van der Waals surface area contributed by atoms with Gasteiger partial charge in [0, 0.05) is 47.8 Å². The lowest BCUT2D eigenvalue weighted by molar-refractivity contribution is -0.384. The average molecular weight is 472 g/mol. The molecule has 4 rings (SSSR count). The van der Waals surface area contributed by atoms with E-state index in [9.17, 15) is 14.9 Å². The van der Waals surface area contributed by atoms with Crippen LogP contribution in [0.25, 0.3) is 0 Å². The fraction of sp³-hybridized carbons (Fsp3) is 0.222. The first-order chi connectivity index (χ1) is 17.0. The molecule has 1 aromatic heterocycles. The van der Waals surface area contributed by atoms with Gasteiger partial charge < -0.3 is 9.47 Å². The number of hydrogen-bond donors (Lipinski definition) is 0. The molecular weight excluding hydrogens is 446 g/mol. The van der Waals surface area contributed by atoms with Gasteiger partial charge in [-0.1, -0.05) is 36.4 Å². The summed E-state index contributed by atoms with van der Waals surface area (Å²) in [5.74, 6) is -0.708. The van der Waals surface area contributed by atoms with Crippen LogP contribution in [0, 0.1) is 10.1 Å². The second-order valence-electron chi connectivity index (χ2n) is 8.14. The van der Waals surface area contributed by atoms with Gasteiger partial charge in [0.25, 0.3) is 5.69 Å². The van der Waals surface area contributed by atoms with Crippen molar-refractivity contribution in [3.05, 3.63) is 112 Å². The molecule has 0 spiro atoms. The fourth-order valence-corrected chi connectivity index (χ4v) is 4.37. The first kappa shape index (κ1) is 23.8. The van der Waals surface area contributed by atoms with E-state index in [2.05, 4.69) is 9.98 Å². The minimum absolute atomic E-state index is 0.0470. The van der Waals surface area contributed by atoms with Crippen molar-refractivity contribution in [2.75, 3.05) is 13.2 Å². The molecule has 2 heterocycles. The maximum Gasteiger partial charge on any atom is 0.336 e. The summed E-state index contributed by atoms with van der Waals surface area (Å²) in [6, 6.07) is 19.3. The number of para-hydroxylation sites is 1. The standard InChI is InChI=1S/C27H25N3O5/c1-18-24(21-9-7-13-28-17-21)26(20-8-6-10-22(16-20)30(32)33)25(19(2)29-18)27(31)35-15-14-34-23-11-4-3-5-12-23/h3-13,16-17,24,26H,14-15H2,1-2H3. The Balaban J connectivity index is 1.65. The third-order valence-corrected chi connectivity index (χ3v) is 5.86. The lowest BCUT2D eigenvalue weighted by Gasteiger charge is -2.33. The molecule has 8 heteroatoms. The van der Waals surface area contributed by atoms with Gasteiger partial charge in [0.2, 0.25) is 0 Å². The lowest BCUT2D eigenvalue weighted by Crippen LogP contribution is -2.29. The molecule has 0 fully saturated rings. The zero-order valence-electron chi connectivity index (χ0n) is 19.5. The van der Waals surface area contributed by atoms with Crippen molar-refractivity contribution in [2.45, 2.75) is 25.7 Å². The van der Waals surface area contributed by atoms with E-state index in [-0.39, 0.29) is 24.8 Å². The number of nitro benzene ring substituents is 1. The predicted octanol–water partition coefficient (Wildman–Crippen LogP) is 5.23. The number of rotatable bonds is 8. The Labute approximate surface area is 203 Å². The summed E-state index contributed by atoms with van der Waals surface area (Å²) in [5.41, 5.74) is 3.12. The van der Waals surface area contributed by atoms with Crippen molar-refractivity contribution in [2.24, 2.45) is 4.99 Å². The molecule has 178 valence electrons. The molecule has 2 atom stereocenters. The molecule has 1 aliphatic rings. The van der Waals surface area contributed by atoms with Gasteiger partial charge in [0.05, 0.1) is 10.5 Å². The summed E-state index contributed by atoms with van der Waals surface area (Å²) in [6.07, 6.45) is 3.40. The SMILES string of the molecule is CC1=NC(C)=C(C(=O)OCCOc2ccccc2)C(c2cccc([N+](=O)[O-])c2)C1c1cccnc1. The lowest BCUT2D eigenvalue weighted by atomic mass is 9.73. The second kappa shape index (κ2) is 10.7. The van der Waals surface area contributed by atoms with Crippen LogP contribution in [0.1, 0.15) is 36.8 Å². The number of nitrogens with zero attached hydrogens (tertiary/aromatic N) is 3. The number of esters is 1. The molecule has 35 heavy (non-hydrogen) atoms. The van der Waals surface area contributed by atoms with Gasteiger partial charge in [-0.3, -0.25) is 20.1 Å². The van der Waals surface area contributed by atoms with Gasteiger partial charge in [-0.05, 0) is 43.2 Å². The van der Waals surface area contributed by atoms with Crippen LogP contribution in [-0.4, -0.2) is 34.8 Å². The molecule has 2 unspecified atom stereocenters. The summed E-state index contributed by atoms with van der Waals surface area (Å²) in [4.78, 5) is 33.3. The third-order valence-electron chi connectivity index (χ3n) is 5.86. The van der Waals surface area contributed by atoms with Crippen LogP contribution in [0.15, 0.2) is 95.4 Å². The van der Waals surface area contributed by atoms with E-state index >= 15 is 0 Å². The van der Waals surface area contributed by atoms with Crippen molar-refractivity contribution in [3.8, 4) is 5.75 Å². The highest BCUT2D eigenvalue weighted by molar-refractivity contribution is 5.99. The van der Waals surface area contributed by atoms with Crippen LogP contribution in [0.5, 0.6) is 5.75 Å². The molecule has 3 aromatic rings. The molecule has 8 nitrogen and oxygen atoms in total. The summed E-state index contributed by atoms with van der Waals surface area (Å²) in [5, 5.41) is 11.5. The molecule has 1 aliphatic heterocycles. The normalized spacial score (nSPS) is 17.5. The maximum atomic E-state index is 13.4. The Morgan fingerprint density at radius 2 is 1.74 bits per heavy atom. The number of benzene rings is 2. The van der Waals surface area contributed by atoms with Gasteiger partial charge >= 0.3 is 5.97 Å².